The minimum absolute atomic E-state index is 0.0950. The molecule has 0 spiro atoms. The predicted molar refractivity (Wildman–Crippen MR) is 191 cm³/mol. The Kier molecular flexibility index (Phi) is 10.9. The summed E-state index contributed by atoms with van der Waals surface area (Å²) >= 11 is 4.88. The van der Waals surface area contributed by atoms with Gasteiger partial charge in [-0.3, -0.25) is 14.4 Å². The van der Waals surface area contributed by atoms with Crippen LogP contribution in [0, 0.1) is 13.8 Å². The van der Waals surface area contributed by atoms with Crippen LogP contribution < -0.4 is 16.0 Å². The van der Waals surface area contributed by atoms with Crippen LogP contribution in [0.1, 0.15) is 37.9 Å². The van der Waals surface area contributed by atoms with Gasteiger partial charge in [0, 0.05) is 26.3 Å². The fraction of sp³-hybridized carbons (Fsp3) is 0.0789. The van der Waals surface area contributed by atoms with Crippen LogP contribution in [0.3, 0.4) is 0 Å². The van der Waals surface area contributed by atoms with E-state index in [1.54, 1.807) is 42.5 Å². The molecule has 0 aliphatic carbocycles. The molecule has 0 bridgehead atoms. The van der Waals surface area contributed by atoms with Crippen LogP contribution in [0.2, 0.25) is 0 Å². The first-order valence-corrected chi connectivity index (χ1v) is 16.3. The highest BCUT2D eigenvalue weighted by molar-refractivity contribution is 9.10. The summed E-state index contributed by atoms with van der Waals surface area (Å²) in [5.74, 6) is -0.998. The Balaban J connectivity index is 1.33. The Morgan fingerprint density at radius 2 is 1.37 bits per heavy atom. The highest BCUT2D eigenvalue weighted by Crippen LogP contribution is 2.37. The van der Waals surface area contributed by atoms with Gasteiger partial charge in [0.05, 0.1) is 0 Å². The van der Waals surface area contributed by atoms with Crippen LogP contribution in [-0.2, 0) is 9.59 Å². The summed E-state index contributed by atoms with van der Waals surface area (Å²) in [7, 11) is 0. The maximum atomic E-state index is 13.5. The molecule has 0 saturated carbocycles. The molecule has 8 heteroatoms. The molecule has 1 atom stereocenters. The van der Waals surface area contributed by atoms with Gasteiger partial charge >= 0.3 is 0 Å². The van der Waals surface area contributed by atoms with Crippen molar-refractivity contribution in [1.29, 1.82) is 0 Å². The molecule has 0 aliphatic heterocycles. The molecule has 0 aromatic heterocycles. The van der Waals surface area contributed by atoms with Crippen molar-refractivity contribution < 1.29 is 14.4 Å². The number of anilines is 2. The zero-order valence-electron chi connectivity index (χ0n) is 25.3. The highest BCUT2D eigenvalue weighted by atomic mass is 79.9. The van der Waals surface area contributed by atoms with Crippen molar-refractivity contribution in [3.05, 3.63) is 165 Å². The number of hydrogen-bond donors (Lipinski definition) is 3. The molecular weight excluding hydrogens is 658 g/mol. The van der Waals surface area contributed by atoms with Crippen molar-refractivity contribution in [1.82, 2.24) is 5.32 Å². The lowest BCUT2D eigenvalue weighted by Crippen LogP contribution is -2.30. The fourth-order valence-corrected chi connectivity index (χ4v) is 6.03. The third-order valence-corrected chi connectivity index (χ3v) is 8.93. The van der Waals surface area contributed by atoms with E-state index in [4.69, 9.17) is 0 Å². The maximum Gasteiger partial charge on any atom is 0.272 e. The predicted octanol–water partition coefficient (Wildman–Crippen LogP) is 8.95. The average Bonchev–Trinajstić information content (AvgIpc) is 3.06. The monoisotopic (exact) mass is 689 g/mol. The van der Waals surface area contributed by atoms with Crippen molar-refractivity contribution in [3.8, 4) is 0 Å². The minimum atomic E-state index is -0.504. The molecule has 0 fully saturated rings. The van der Waals surface area contributed by atoms with E-state index < -0.39 is 17.1 Å². The summed E-state index contributed by atoms with van der Waals surface area (Å²) in [6.45, 7) is 4.06. The second-order valence-electron chi connectivity index (χ2n) is 10.6. The summed E-state index contributed by atoms with van der Waals surface area (Å²) in [5, 5.41) is 8.22. The molecule has 1 unspecified atom stereocenters. The third kappa shape index (κ3) is 8.84. The maximum absolute atomic E-state index is 13.5. The Bertz CT molecular complexity index is 1880. The first kappa shape index (κ1) is 32.5. The van der Waals surface area contributed by atoms with Crippen LogP contribution in [0.25, 0.3) is 6.08 Å². The van der Waals surface area contributed by atoms with Crippen LogP contribution in [0.5, 0.6) is 0 Å². The highest BCUT2D eigenvalue weighted by Gasteiger charge is 2.23. The van der Waals surface area contributed by atoms with Gasteiger partial charge in [0.2, 0.25) is 5.91 Å². The van der Waals surface area contributed by atoms with Gasteiger partial charge in [0.15, 0.2) is 0 Å². The van der Waals surface area contributed by atoms with Gasteiger partial charge in [-0.25, -0.2) is 0 Å². The number of thioether (sulfide) groups is 1. The molecule has 46 heavy (non-hydrogen) atoms. The van der Waals surface area contributed by atoms with Gasteiger partial charge in [-0.2, -0.15) is 0 Å². The number of nitrogens with one attached hydrogen (secondary N) is 3. The number of benzene rings is 5. The summed E-state index contributed by atoms with van der Waals surface area (Å²) in [6, 6.07) is 38.9. The second kappa shape index (κ2) is 15.4. The zero-order valence-corrected chi connectivity index (χ0v) is 27.7. The molecule has 0 saturated heterocycles. The zero-order chi connectivity index (χ0) is 32.5. The van der Waals surface area contributed by atoms with Crippen molar-refractivity contribution in [2.24, 2.45) is 0 Å². The molecule has 5 rings (SSSR count). The minimum Gasteiger partial charge on any atom is -0.325 e. The van der Waals surface area contributed by atoms with Gasteiger partial charge in [0.1, 0.15) is 10.9 Å². The summed E-state index contributed by atoms with van der Waals surface area (Å²) in [5.41, 5.74) is 5.71. The van der Waals surface area contributed by atoms with E-state index in [1.807, 2.05) is 105 Å². The number of hydrogen-bond acceptors (Lipinski definition) is 4. The van der Waals surface area contributed by atoms with Gasteiger partial charge < -0.3 is 16.0 Å². The van der Waals surface area contributed by atoms with E-state index in [-0.39, 0.29) is 11.6 Å². The fourth-order valence-electron chi connectivity index (χ4n) is 4.58. The van der Waals surface area contributed by atoms with Crippen LogP contribution in [-0.4, -0.2) is 17.7 Å². The molecule has 230 valence electrons. The van der Waals surface area contributed by atoms with Gasteiger partial charge in [-0.1, -0.05) is 82.7 Å². The lowest BCUT2D eigenvalue weighted by atomic mass is 10.1. The summed E-state index contributed by atoms with van der Waals surface area (Å²) < 4.78 is 0.847. The van der Waals surface area contributed by atoms with Gasteiger partial charge in [-0.15, -0.1) is 11.8 Å². The van der Waals surface area contributed by atoms with E-state index in [0.717, 1.165) is 37.3 Å². The Hall–Kier alpha value is -4.92. The quantitative estimate of drug-likeness (QED) is 0.101. The van der Waals surface area contributed by atoms with E-state index in [0.29, 0.717) is 11.3 Å². The van der Waals surface area contributed by atoms with Crippen molar-refractivity contribution in [2.45, 2.75) is 24.0 Å². The molecule has 6 nitrogen and oxygen atoms in total. The average molecular weight is 691 g/mol. The Morgan fingerprint density at radius 3 is 2.04 bits per heavy atom. The normalized spacial score (nSPS) is 11.8. The Labute approximate surface area is 281 Å². The van der Waals surface area contributed by atoms with Gasteiger partial charge in [0.25, 0.3) is 11.8 Å². The number of halogens is 1. The molecule has 0 aliphatic rings. The topological polar surface area (TPSA) is 87.3 Å². The first-order valence-electron chi connectivity index (χ1n) is 14.6. The standard InChI is InChI=1S/C38H32BrN3O3S/c1-25-16-17-32(22-26(25)2)41-38(45)35(28-11-5-3-6-12-28)46-33-20-18-31(19-21-33)40-37(44)34(24-27-10-9-15-30(39)23-27)42-36(43)29-13-7-4-8-14-29/h3-24,35H,1-2H3,(H,40,44)(H,41,45)(H,42,43)/b34-24-. The lowest BCUT2D eigenvalue weighted by Gasteiger charge is -2.18. The van der Waals surface area contributed by atoms with E-state index >= 15 is 0 Å². The summed E-state index contributed by atoms with van der Waals surface area (Å²) in [4.78, 5) is 40.8. The number of amides is 3. The molecule has 5 aromatic rings. The smallest absolute Gasteiger partial charge is 0.272 e. The molecule has 5 aromatic carbocycles. The first-order chi connectivity index (χ1) is 22.2. The molecule has 0 heterocycles. The van der Waals surface area contributed by atoms with E-state index in [1.165, 1.54) is 11.8 Å². The second-order valence-corrected chi connectivity index (χ2v) is 12.7. The van der Waals surface area contributed by atoms with Crippen molar-refractivity contribution >= 4 is 62.9 Å². The van der Waals surface area contributed by atoms with Crippen LogP contribution >= 0.6 is 27.7 Å². The van der Waals surface area contributed by atoms with E-state index in [2.05, 4.69) is 31.9 Å². The number of carbonyl (C=O) groups excluding carboxylic acids is 3. The van der Waals surface area contributed by atoms with Crippen LogP contribution in [0.4, 0.5) is 11.4 Å². The largest absolute Gasteiger partial charge is 0.325 e. The van der Waals surface area contributed by atoms with E-state index in [9.17, 15) is 14.4 Å². The molecular formula is C38H32BrN3O3S. The number of aryl methyl sites for hydroxylation is 2. The van der Waals surface area contributed by atoms with Crippen molar-refractivity contribution in [2.75, 3.05) is 10.6 Å². The molecule has 3 N–H and O–H groups in total. The third-order valence-electron chi connectivity index (χ3n) is 7.17. The van der Waals surface area contributed by atoms with Gasteiger partial charge in [-0.05, 0) is 103 Å². The lowest BCUT2D eigenvalue weighted by molar-refractivity contribution is -0.116. The number of rotatable bonds is 10. The molecule has 0 radical (unpaired) electrons. The van der Waals surface area contributed by atoms with Crippen LogP contribution in [0.15, 0.2) is 142 Å². The number of carbonyl (C=O) groups is 3. The molecule has 3 amide bonds. The Morgan fingerprint density at radius 1 is 0.696 bits per heavy atom. The summed E-state index contributed by atoms with van der Waals surface area (Å²) in [6.07, 6.45) is 1.63. The van der Waals surface area contributed by atoms with Crippen molar-refractivity contribution in [3.63, 3.8) is 0 Å². The SMILES string of the molecule is Cc1ccc(NC(=O)C(Sc2ccc(NC(=O)/C(=C/c3cccc(Br)c3)NC(=O)c3ccccc3)cc2)c2ccccc2)cc1C.